The quantitative estimate of drug-likeness (QED) is 0.527. The molecule has 19 heavy (non-hydrogen) atoms. The molecule has 2 heteroatoms. The molecule has 0 aliphatic rings. The van der Waals surface area contributed by atoms with E-state index < -0.39 is 0 Å². The molecule has 0 aliphatic heterocycles. The lowest BCUT2D eigenvalue weighted by atomic mass is 9.80. The maximum Gasteiger partial charge on any atom is 0.0351 e. The molecular formula is C17H38N2. The molecule has 0 aliphatic carbocycles. The van der Waals surface area contributed by atoms with Crippen molar-refractivity contribution in [2.24, 2.45) is 0 Å². The van der Waals surface area contributed by atoms with E-state index >= 15 is 0 Å². The summed E-state index contributed by atoms with van der Waals surface area (Å²) in [6.07, 6.45) is 10.7. The lowest BCUT2D eigenvalue weighted by Crippen LogP contribution is -2.58. The minimum absolute atomic E-state index is 0.320. The molecule has 0 aromatic rings. The van der Waals surface area contributed by atoms with Gasteiger partial charge in [-0.05, 0) is 39.9 Å². The smallest absolute Gasteiger partial charge is 0.0351 e. The molecule has 0 bridgehead atoms. The van der Waals surface area contributed by atoms with Crippen LogP contribution in [0.1, 0.15) is 79.1 Å². The summed E-state index contributed by atoms with van der Waals surface area (Å²) >= 11 is 0. The molecule has 1 N–H and O–H groups in total. The number of hydrogen-bond acceptors (Lipinski definition) is 2. The van der Waals surface area contributed by atoms with Crippen LogP contribution in [-0.2, 0) is 0 Å². The summed E-state index contributed by atoms with van der Waals surface area (Å²) in [6.45, 7) is 10.3. The molecule has 0 amide bonds. The van der Waals surface area contributed by atoms with Crippen LogP contribution in [0.15, 0.2) is 0 Å². The predicted octanol–water partition coefficient (Wildman–Crippen LogP) is 4.45. The highest BCUT2D eigenvalue weighted by atomic mass is 15.2. The van der Waals surface area contributed by atoms with Crippen molar-refractivity contribution in [3.05, 3.63) is 0 Å². The molecule has 0 fully saturated rings. The highest BCUT2D eigenvalue weighted by Crippen LogP contribution is 2.29. The van der Waals surface area contributed by atoms with Crippen LogP contribution in [0.2, 0.25) is 0 Å². The number of rotatable bonds is 12. The molecule has 0 heterocycles. The molecule has 0 spiro atoms. The van der Waals surface area contributed by atoms with Crippen molar-refractivity contribution in [1.29, 1.82) is 0 Å². The van der Waals surface area contributed by atoms with Gasteiger partial charge in [-0.2, -0.15) is 0 Å². The van der Waals surface area contributed by atoms with E-state index in [-0.39, 0.29) is 0 Å². The van der Waals surface area contributed by atoms with E-state index in [0.29, 0.717) is 11.6 Å². The number of nitrogens with one attached hydrogen (secondary N) is 1. The topological polar surface area (TPSA) is 15.3 Å². The van der Waals surface area contributed by atoms with Gasteiger partial charge in [0, 0.05) is 11.6 Å². The third-order valence-corrected chi connectivity index (χ3v) is 4.81. The first-order chi connectivity index (χ1) is 9.08. The monoisotopic (exact) mass is 270 g/mol. The SMILES string of the molecule is CCCCCCCC(NCC)C(CC)(CC)N(C)C. The van der Waals surface area contributed by atoms with Crippen molar-refractivity contribution in [3.8, 4) is 0 Å². The Morgan fingerprint density at radius 3 is 1.89 bits per heavy atom. The average molecular weight is 271 g/mol. The fraction of sp³-hybridized carbons (Fsp3) is 1.00. The summed E-state index contributed by atoms with van der Waals surface area (Å²) in [5.41, 5.74) is 0.320. The summed E-state index contributed by atoms with van der Waals surface area (Å²) in [4.78, 5) is 2.45. The van der Waals surface area contributed by atoms with Gasteiger partial charge in [-0.3, -0.25) is 0 Å². The van der Waals surface area contributed by atoms with E-state index in [1.807, 2.05) is 0 Å². The van der Waals surface area contributed by atoms with E-state index in [4.69, 9.17) is 0 Å². The minimum atomic E-state index is 0.320. The van der Waals surface area contributed by atoms with Crippen LogP contribution < -0.4 is 5.32 Å². The second-order valence-corrected chi connectivity index (χ2v) is 6.02. The van der Waals surface area contributed by atoms with Crippen LogP contribution in [-0.4, -0.2) is 37.1 Å². The van der Waals surface area contributed by atoms with Gasteiger partial charge in [0.25, 0.3) is 0 Å². The molecule has 0 aromatic heterocycles. The largest absolute Gasteiger partial charge is 0.312 e. The van der Waals surface area contributed by atoms with Gasteiger partial charge in [0.1, 0.15) is 0 Å². The zero-order valence-corrected chi connectivity index (χ0v) is 14.4. The summed E-state index contributed by atoms with van der Waals surface area (Å²) in [7, 11) is 4.49. The van der Waals surface area contributed by atoms with Gasteiger partial charge in [0.05, 0.1) is 0 Å². The van der Waals surface area contributed by atoms with Gasteiger partial charge < -0.3 is 10.2 Å². The molecular weight excluding hydrogens is 232 g/mol. The zero-order valence-electron chi connectivity index (χ0n) is 14.4. The summed E-state index contributed by atoms with van der Waals surface area (Å²) in [5, 5.41) is 3.76. The lowest BCUT2D eigenvalue weighted by Gasteiger charge is -2.45. The Bertz CT molecular complexity index is 197. The van der Waals surface area contributed by atoms with Gasteiger partial charge in [-0.1, -0.05) is 59.8 Å². The average Bonchev–Trinajstić information content (AvgIpc) is 2.40. The first-order valence-corrected chi connectivity index (χ1v) is 8.49. The number of unbranched alkanes of at least 4 members (excludes halogenated alkanes) is 4. The van der Waals surface area contributed by atoms with Crippen LogP contribution in [0.3, 0.4) is 0 Å². The Balaban J connectivity index is 4.49. The summed E-state index contributed by atoms with van der Waals surface area (Å²) < 4.78 is 0. The third-order valence-electron chi connectivity index (χ3n) is 4.81. The Kier molecular flexibility index (Phi) is 10.6. The fourth-order valence-electron chi connectivity index (χ4n) is 3.45. The standard InChI is InChI=1S/C17H38N2/c1-7-11-12-13-14-15-16(18-10-4)17(8-2,9-3)19(5)6/h16,18H,7-15H2,1-6H3. The highest BCUT2D eigenvalue weighted by molar-refractivity contribution is 4.96. The van der Waals surface area contributed by atoms with Crippen LogP contribution in [0.25, 0.3) is 0 Å². The number of likely N-dealkylation sites (N-methyl/N-ethyl adjacent to an activating group) is 2. The molecule has 1 unspecified atom stereocenters. The van der Waals surface area contributed by atoms with E-state index in [0.717, 1.165) is 6.54 Å². The van der Waals surface area contributed by atoms with Crippen molar-refractivity contribution in [2.75, 3.05) is 20.6 Å². The first kappa shape index (κ1) is 18.9. The molecule has 0 radical (unpaired) electrons. The molecule has 116 valence electrons. The molecule has 0 aromatic carbocycles. The second-order valence-electron chi connectivity index (χ2n) is 6.02. The van der Waals surface area contributed by atoms with Crippen molar-refractivity contribution in [1.82, 2.24) is 10.2 Å². The normalized spacial score (nSPS) is 14.1. The van der Waals surface area contributed by atoms with Gasteiger partial charge in [0.2, 0.25) is 0 Å². The van der Waals surface area contributed by atoms with E-state index in [2.05, 4.69) is 52.0 Å². The van der Waals surface area contributed by atoms with Crippen molar-refractivity contribution < 1.29 is 0 Å². The maximum absolute atomic E-state index is 3.76. The van der Waals surface area contributed by atoms with Crippen molar-refractivity contribution >= 4 is 0 Å². The lowest BCUT2D eigenvalue weighted by molar-refractivity contribution is 0.0835. The highest BCUT2D eigenvalue weighted by Gasteiger charge is 2.36. The van der Waals surface area contributed by atoms with Gasteiger partial charge in [-0.15, -0.1) is 0 Å². The molecule has 0 saturated carbocycles. The van der Waals surface area contributed by atoms with Crippen LogP contribution in [0.4, 0.5) is 0 Å². The number of hydrogen-bond donors (Lipinski definition) is 1. The second kappa shape index (κ2) is 10.7. The fourth-order valence-corrected chi connectivity index (χ4v) is 3.45. The van der Waals surface area contributed by atoms with Gasteiger partial charge >= 0.3 is 0 Å². The van der Waals surface area contributed by atoms with E-state index in [1.165, 1.54) is 51.4 Å². The minimum Gasteiger partial charge on any atom is -0.312 e. The van der Waals surface area contributed by atoms with Crippen LogP contribution in [0, 0.1) is 0 Å². The molecule has 0 saturated heterocycles. The Hall–Kier alpha value is -0.0800. The van der Waals surface area contributed by atoms with Crippen LogP contribution >= 0.6 is 0 Å². The summed E-state index contributed by atoms with van der Waals surface area (Å²) in [5.74, 6) is 0. The Labute approximate surface area is 122 Å². The Morgan fingerprint density at radius 2 is 1.47 bits per heavy atom. The van der Waals surface area contributed by atoms with Crippen molar-refractivity contribution in [3.63, 3.8) is 0 Å². The number of nitrogens with zero attached hydrogens (tertiary/aromatic N) is 1. The molecule has 1 atom stereocenters. The zero-order chi connectivity index (χ0) is 14.7. The first-order valence-electron chi connectivity index (χ1n) is 8.49. The third kappa shape index (κ3) is 5.83. The van der Waals surface area contributed by atoms with Gasteiger partial charge in [0.15, 0.2) is 0 Å². The van der Waals surface area contributed by atoms with Gasteiger partial charge in [-0.25, -0.2) is 0 Å². The molecule has 0 rings (SSSR count). The van der Waals surface area contributed by atoms with Crippen LogP contribution in [0.5, 0.6) is 0 Å². The molecule has 2 nitrogen and oxygen atoms in total. The van der Waals surface area contributed by atoms with E-state index in [9.17, 15) is 0 Å². The predicted molar refractivity (Wildman–Crippen MR) is 87.8 cm³/mol. The summed E-state index contributed by atoms with van der Waals surface area (Å²) in [6, 6.07) is 0.629. The maximum atomic E-state index is 3.76. The van der Waals surface area contributed by atoms with E-state index in [1.54, 1.807) is 0 Å². The Morgan fingerprint density at radius 1 is 0.895 bits per heavy atom. The van der Waals surface area contributed by atoms with Crippen molar-refractivity contribution in [2.45, 2.75) is 90.6 Å².